The summed E-state index contributed by atoms with van der Waals surface area (Å²) < 4.78 is 59.3. The molecule has 0 spiro atoms. The number of halogens is 4. The van der Waals surface area contributed by atoms with Gasteiger partial charge in [-0.3, -0.25) is 4.90 Å². The summed E-state index contributed by atoms with van der Waals surface area (Å²) in [5, 5.41) is 0. The van der Waals surface area contributed by atoms with Crippen molar-refractivity contribution in [3.8, 4) is 27.7 Å². The maximum atomic E-state index is 13.6. The zero-order valence-corrected chi connectivity index (χ0v) is 24.6. The number of nitrogens with zero attached hydrogens (tertiary/aromatic N) is 3. The Kier molecular flexibility index (Phi) is 10.6. The fraction of sp³-hybridized carbons (Fsp3) is 0.406. The summed E-state index contributed by atoms with van der Waals surface area (Å²) in [4.78, 5) is 9.78. The van der Waals surface area contributed by atoms with E-state index in [-0.39, 0.29) is 5.75 Å². The summed E-state index contributed by atoms with van der Waals surface area (Å²) in [6.45, 7) is 9.01. The molecule has 4 nitrogen and oxygen atoms in total. The third kappa shape index (κ3) is 7.98. The monoisotopic (exact) mass is 587 g/mol. The number of hydrogen-bond donors (Lipinski definition) is 0. The maximum absolute atomic E-state index is 13.6. The highest BCUT2D eigenvalue weighted by Crippen LogP contribution is 2.35. The Balaban J connectivity index is 1.73. The van der Waals surface area contributed by atoms with Gasteiger partial charge in [-0.2, -0.15) is 17.6 Å². The van der Waals surface area contributed by atoms with Gasteiger partial charge in [-0.25, -0.2) is 4.98 Å². The number of unbranched alkanes of at least 4 members (excludes halogenated alkanes) is 2. The van der Waals surface area contributed by atoms with E-state index in [1.54, 1.807) is 23.5 Å². The highest BCUT2D eigenvalue weighted by molar-refractivity contribution is 7.15. The molecule has 4 rings (SSSR count). The SMILES string of the molecule is CCCCN(Cc1cccc(OC(F)(F)C(F)F)c1)Cc1c(-c2ccc(C)s2)nc(-c2ccccc2)n1CCCC. The lowest BCUT2D eigenvalue weighted by molar-refractivity contribution is -0.253. The standard InChI is InChI=1S/C32H37F4N3OS/c1-4-6-18-38(21-24-12-11-15-26(20-24)40-32(35,36)31(33)34)22-27-29(28-17-16-23(3)41-28)37-30(39(27)19-7-5-2)25-13-9-8-10-14-25/h8-17,20,31H,4-7,18-19,21-22H2,1-3H3. The highest BCUT2D eigenvalue weighted by atomic mass is 32.1. The van der Waals surface area contributed by atoms with E-state index in [4.69, 9.17) is 4.98 Å². The smallest absolute Gasteiger partial charge is 0.428 e. The first-order chi connectivity index (χ1) is 19.7. The molecule has 0 saturated heterocycles. The average molecular weight is 588 g/mol. The first-order valence-electron chi connectivity index (χ1n) is 14.1. The van der Waals surface area contributed by atoms with Gasteiger partial charge in [-0.05, 0) is 56.1 Å². The summed E-state index contributed by atoms with van der Waals surface area (Å²) in [5.41, 5.74) is 3.81. The van der Waals surface area contributed by atoms with E-state index in [0.29, 0.717) is 18.7 Å². The molecule has 4 aromatic rings. The van der Waals surface area contributed by atoms with Crippen molar-refractivity contribution in [1.29, 1.82) is 0 Å². The Morgan fingerprint density at radius 1 is 0.951 bits per heavy atom. The molecule has 0 aliphatic rings. The summed E-state index contributed by atoms with van der Waals surface area (Å²) in [7, 11) is 0. The van der Waals surface area contributed by atoms with E-state index in [9.17, 15) is 17.6 Å². The van der Waals surface area contributed by atoms with Crippen LogP contribution in [0.5, 0.6) is 5.75 Å². The van der Waals surface area contributed by atoms with E-state index in [0.717, 1.165) is 66.4 Å². The van der Waals surface area contributed by atoms with Crippen LogP contribution >= 0.6 is 11.3 Å². The molecule has 0 aliphatic carbocycles. The van der Waals surface area contributed by atoms with Gasteiger partial charge in [0.2, 0.25) is 0 Å². The van der Waals surface area contributed by atoms with Crippen LogP contribution in [-0.4, -0.2) is 33.5 Å². The molecule has 0 bridgehead atoms. The van der Waals surface area contributed by atoms with Crippen LogP contribution in [0.25, 0.3) is 22.0 Å². The normalized spacial score (nSPS) is 12.0. The lowest BCUT2D eigenvalue weighted by atomic mass is 10.1. The predicted octanol–water partition coefficient (Wildman–Crippen LogP) is 9.43. The van der Waals surface area contributed by atoms with Gasteiger partial charge in [0.15, 0.2) is 0 Å². The first-order valence-corrected chi connectivity index (χ1v) is 14.9. The Morgan fingerprint density at radius 2 is 1.71 bits per heavy atom. The molecular weight excluding hydrogens is 550 g/mol. The van der Waals surface area contributed by atoms with Crippen LogP contribution in [0.2, 0.25) is 0 Å². The topological polar surface area (TPSA) is 30.3 Å². The maximum Gasteiger partial charge on any atom is 0.461 e. The molecule has 0 amide bonds. The summed E-state index contributed by atoms with van der Waals surface area (Å²) in [6.07, 6.45) is -4.49. The van der Waals surface area contributed by atoms with Crippen LogP contribution < -0.4 is 4.74 Å². The van der Waals surface area contributed by atoms with Crippen molar-refractivity contribution in [2.75, 3.05) is 6.54 Å². The molecule has 0 unspecified atom stereocenters. The van der Waals surface area contributed by atoms with Crippen molar-refractivity contribution < 1.29 is 22.3 Å². The number of aryl methyl sites for hydroxylation is 1. The summed E-state index contributed by atoms with van der Waals surface area (Å²) >= 11 is 1.71. The number of thiophene rings is 1. The van der Waals surface area contributed by atoms with Gasteiger partial charge >= 0.3 is 12.5 Å². The minimum atomic E-state index is -4.55. The fourth-order valence-electron chi connectivity index (χ4n) is 4.75. The quantitative estimate of drug-likeness (QED) is 0.130. The van der Waals surface area contributed by atoms with Gasteiger partial charge in [0.25, 0.3) is 0 Å². The average Bonchev–Trinajstić information content (AvgIpc) is 3.54. The Hall–Kier alpha value is -3.17. The van der Waals surface area contributed by atoms with Crippen LogP contribution in [0.1, 0.15) is 55.7 Å². The molecule has 2 aromatic carbocycles. The number of aromatic nitrogens is 2. The Bertz CT molecular complexity index is 1390. The molecule has 2 heterocycles. The third-order valence-corrected chi connectivity index (χ3v) is 7.83. The Morgan fingerprint density at radius 3 is 2.37 bits per heavy atom. The van der Waals surface area contributed by atoms with Gasteiger partial charge in [0, 0.05) is 30.1 Å². The van der Waals surface area contributed by atoms with Crippen molar-refractivity contribution in [1.82, 2.24) is 14.5 Å². The zero-order chi connectivity index (χ0) is 29.4. The van der Waals surface area contributed by atoms with Crippen LogP contribution in [0, 0.1) is 6.92 Å². The lowest BCUT2D eigenvalue weighted by Crippen LogP contribution is -2.33. The van der Waals surface area contributed by atoms with Gasteiger partial charge < -0.3 is 9.30 Å². The van der Waals surface area contributed by atoms with E-state index < -0.39 is 12.5 Å². The molecule has 0 aliphatic heterocycles. The van der Waals surface area contributed by atoms with Crippen molar-refractivity contribution in [2.24, 2.45) is 0 Å². The number of rotatable bonds is 15. The van der Waals surface area contributed by atoms with Crippen LogP contribution in [0.4, 0.5) is 17.6 Å². The van der Waals surface area contributed by atoms with Crippen molar-refractivity contribution >= 4 is 11.3 Å². The van der Waals surface area contributed by atoms with Gasteiger partial charge in [-0.15, -0.1) is 11.3 Å². The largest absolute Gasteiger partial charge is 0.461 e. The second kappa shape index (κ2) is 14.1. The molecular formula is C32H37F4N3OS. The number of alkyl halides is 4. The fourth-order valence-corrected chi connectivity index (χ4v) is 5.62. The summed E-state index contributed by atoms with van der Waals surface area (Å²) in [5.74, 6) is 0.646. The molecule has 9 heteroatoms. The summed E-state index contributed by atoms with van der Waals surface area (Å²) in [6, 6.07) is 20.5. The number of ether oxygens (including phenoxy) is 1. The lowest BCUT2D eigenvalue weighted by Gasteiger charge is -2.24. The second-order valence-corrected chi connectivity index (χ2v) is 11.5. The number of imidazole rings is 1. The second-order valence-electron chi connectivity index (χ2n) is 10.2. The van der Waals surface area contributed by atoms with E-state index in [1.165, 1.54) is 17.0 Å². The Labute approximate surface area is 243 Å². The van der Waals surface area contributed by atoms with Gasteiger partial charge in [0.05, 0.1) is 10.6 Å². The third-order valence-electron chi connectivity index (χ3n) is 6.83. The van der Waals surface area contributed by atoms with E-state index in [1.807, 2.05) is 18.2 Å². The van der Waals surface area contributed by atoms with Crippen LogP contribution in [0.15, 0.2) is 66.7 Å². The van der Waals surface area contributed by atoms with Crippen LogP contribution in [0.3, 0.4) is 0 Å². The first kappa shape index (κ1) is 30.8. The van der Waals surface area contributed by atoms with Crippen molar-refractivity contribution in [3.63, 3.8) is 0 Å². The minimum Gasteiger partial charge on any atom is -0.428 e. The molecule has 41 heavy (non-hydrogen) atoms. The molecule has 0 saturated carbocycles. The minimum absolute atomic E-state index is 0.280. The molecule has 0 atom stereocenters. The molecule has 2 aromatic heterocycles. The van der Waals surface area contributed by atoms with Crippen molar-refractivity contribution in [3.05, 3.63) is 82.9 Å². The number of benzene rings is 2. The molecule has 0 N–H and O–H groups in total. The molecule has 0 radical (unpaired) electrons. The predicted molar refractivity (Wildman–Crippen MR) is 158 cm³/mol. The van der Waals surface area contributed by atoms with E-state index >= 15 is 0 Å². The van der Waals surface area contributed by atoms with Gasteiger partial charge in [0.1, 0.15) is 17.3 Å². The number of hydrogen-bond acceptors (Lipinski definition) is 4. The van der Waals surface area contributed by atoms with E-state index in [2.05, 4.69) is 59.2 Å². The zero-order valence-electron chi connectivity index (χ0n) is 23.8. The molecule has 220 valence electrons. The van der Waals surface area contributed by atoms with Gasteiger partial charge in [-0.1, -0.05) is 69.2 Å². The van der Waals surface area contributed by atoms with Crippen molar-refractivity contribution in [2.45, 2.75) is 78.6 Å². The molecule has 0 fully saturated rings. The highest BCUT2D eigenvalue weighted by Gasteiger charge is 2.44. The van der Waals surface area contributed by atoms with Crippen LogP contribution in [-0.2, 0) is 19.6 Å².